The molecule has 1 saturated heterocycles. The largest absolute Gasteiger partial charge is 0.418 e. The highest BCUT2D eigenvalue weighted by Gasteiger charge is 2.33. The average Bonchev–Trinajstić information content (AvgIpc) is 2.69. The van der Waals surface area contributed by atoms with E-state index in [9.17, 15) is 22.8 Å². The van der Waals surface area contributed by atoms with Crippen LogP contribution in [-0.2, 0) is 22.1 Å². The Morgan fingerprint density at radius 1 is 0.966 bits per heavy atom. The number of amides is 3. The minimum absolute atomic E-state index is 0.00416. The molecule has 2 aromatic rings. The molecule has 0 atom stereocenters. The highest BCUT2D eigenvalue weighted by molar-refractivity contribution is 6.00. The van der Waals surface area contributed by atoms with Gasteiger partial charge < -0.3 is 20.3 Å². The van der Waals surface area contributed by atoms with Gasteiger partial charge in [-0.2, -0.15) is 13.2 Å². The molecule has 0 radical (unpaired) electrons. The number of morpholine rings is 1. The standard InChI is InChI=1S/C20H20F3N3O3/c21-20(22,23)16-3-1-2-4-17(16)25-19(28)24-15-7-5-14(6-8-15)13-18(27)26-9-11-29-12-10-26/h1-8H,9-13H2,(H2,24,25,28). The quantitative estimate of drug-likeness (QED) is 0.811. The molecule has 1 aliphatic heterocycles. The van der Waals surface area contributed by atoms with E-state index in [1.54, 1.807) is 29.2 Å². The van der Waals surface area contributed by atoms with Crippen LogP contribution in [0.3, 0.4) is 0 Å². The van der Waals surface area contributed by atoms with Crippen LogP contribution in [-0.4, -0.2) is 43.1 Å². The molecule has 3 amide bonds. The van der Waals surface area contributed by atoms with Crippen molar-refractivity contribution in [2.75, 3.05) is 36.9 Å². The fraction of sp³-hybridized carbons (Fsp3) is 0.300. The molecule has 0 aliphatic carbocycles. The number of halogens is 3. The van der Waals surface area contributed by atoms with Crippen LogP contribution in [0.1, 0.15) is 11.1 Å². The van der Waals surface area contributed by atoms with Crippen molar-refractivity contribution < 1.29 is 27.5 Å². The lowest BCUT2D eigenvalue weighted by molar-refractivity contribution is -0.137. The second-order valence-corrected chi connectivity index (χ2v) is 6.49. The smallest absolute Gasteiger partial charge is 0.378 e. The highest BCUT2D eigenvalue weighted by Crippen LogP contribution is 2.34. The minimum atomic E-state index is -4.57. The minimum Gasteiger partial charge on any atom is -0.378 e. The first kappa shape index (κ1) is 20.7. The number of urea groups is 1. The Kier molecular flexibility index (Phi) is 6.38. The van der Waals surface area contributed by atoms with Gasteiger partial charge >= 0.3 is 12.2 Å². The van der Waals surface area contributed by atoms with E-state index in [1.165, 1.54) is 18.2 Å². The maximum atomic E-state index is 13.0. The average molecular weight is 407 g/mol. The lowest BCUT2D eigenvalue weighted by Crippen LogP contribution is -2.41. The monoisotopic (exact) mass is 407 g/mol. The molecule has 6 nitrogen and oxygen atoms in total. The predicted octanol–water partition coefficient (Wildman–Crippen LogP) is 3.75. The number of carbonyl (C=O) groups is 2. The third kappa shape index (κ3) is 5.71. The van der Waals surface area contributed by atoms with Crippen molar-refractivity contribution in [2.45, 2.75) is 12.6 Å². The van der Waals surface area contributed by atoms with Crippen molar-refractivity contribution in [1.29, 1.82) is 0 Å². The Morgan fingerprint density at radius 2 is 1.62 bits per heavy atom. The maximum absolute atomic E-state index is 13.0. The summed E-state index contributed by atoms with van der Waals surface area (Å²) in [6, 6.07) is 10.5. The first-order valence-corrected chi connectivity index (χ1v) is 9.01. The van der Waals surface area contributed by atoms with E-state index in [0.29, 0.717) is 32.0 Å². The van der Waals surface area contributed by atoms with E-state index in [1.807, 2.05) is 0 Å². The zero-order chi connectivity index (χ0) is 20.9. The number of carbonyl (C=O) groups excluding carboxylic acids is 2. The van der Waals surface area contributed by atoms with Gasteiger partial charge in [-0.05, 0) is 29.8 Å². The molecule has 29 heavy (non-hydrogen) atoms. The Hall–Kier alpha value is -3.07. The van der Waals surface area contributed by atoms with Gasteiger partial charge in [0.15, 0.2) is 0 Å². The van der Waals surface area contributed by atoms with Gasteiger partial charge in [-0.15, -0.1) is 0 Å². The van der Waals surface area contributed by atoms with Crippen LogP contribution in [0.5, 0.6) is 0 Å². The van der Waals surface area contributed by atoms with Crippen LogP contribution in [0, 0.1) is 0 Å². The molecule has 154 valence electrons. The molecule has 0 bridgehead atoms. The lowest BCUT2D eigenvalue weighted by atomic mass is 10.1. The fourth-order valence-corrected chi connectivity index (χ4v) is 2.93. The molecule has 1 fully saturated rings. The van der Waals surface area contributed by atoms with Gasteiger partial charge in [0.05, 0.1) is 30.9 Å². The zero-order valence-corrected chi connectivity index (χ0v) is 15.5. The first-order valence-electron chi connectivity index (χ1n) is 9.01. The van der Waals surface area contributed by atoms with E-state index < -0.39 is 17.8 Å². The number of hydrogen-bond donors (Lipinski definition) is 2. The van der Waals surface area contributed by atoms with Gasteiger partial charge in [0.2, 0.25) is 5.91 Å². The summed E-state index contributed by atoms with van der Waals surface area (Å²) >= 11 is 0. The molecule has 1 aliphatic rings. The summed E-state index contributed by atoms with van der Waals surface area (Å²) in [5.74, 6) is -0.00416. The number of benzene rings is 2. The Bertz CT molecular complexity index is 863. The number of hydrogen-bond acceptors (Lipinski definition) is 3. The molecular formula is C20H20F3N3O3. The second-order valence-electron chi connectivity index (χ2n) is 6.49. The number of nitrogens with one attached hydrogen (secondary N) is 2. The van der Waals surface area contributed by atoms with Crippen LogP contribution < -0.4 is 10.6 Å². The van der Waals surface area contributed by atoms with E-state index in [4.69, 9.17) is 4.74 Å². The summed E-state index contributed by atoms with van der Waals surface area (Å²) in [7, 11) is 0. The Morgan fingerprint density at radius 3 is 2.28 bits per heavy atom. The molecular weight excluding hydrogens is 387 g/mol. The van der Waals surface area contributed by atoms with E-state index >= 15 is 0 Å². The van der Waals surface area contributed by atoms with Crippen LogP contribution in [0.2, 0.25) is 0 Å². The molecule has 0 spiro atoms. The number of ether oxygens (including phenoxy) is 1. The molecule has 1 heterocycles. The summed E-state index contributed by atoms with van der Waals surface area (Å²) in [6.07, 6.45) is -4.34. The normalized spacial score (nSPS) is 14.4. The lowest BCUT2D eigenvalue weighted by Gasteiger charge is -2.26. The molecule has 3 rings (SSSR count). The third-order valence-electron chi connectivity index (χ3n) is 4.41. The fourth-order valence-electron chi connectivity index (χ4n) is 2.93. The number of rotatable bonds is 4. The Balaban J connectivity index is 1.57. The van der Waals surface area contributed by atoms with E-state index in [2.05, 4.69) is 10.6 Å². The van der Waals surface area contributed by atoms with Crippen LogP contribution in [0.25, 0.3) is 0 Å². The van der Waals surface area contributed by atoms with Gasteiger partial charge in [0, 0.05) is 18.8 Å². The predicted molar refractivity (Wildman–Crippen MR) is 102 cm³/mol. The van der Waals surface area contributed by atoms with Gasteiger partial charge in [-0.25, -0.2) is 4.79 Å². The number of para-hydroxylation sites is 1. The van der Waals surface area contributed by atoms with Crippen LogP contribution >= 0.6 is 0 Å². The molecule has 2 aromatic carbocycles. The van der Waals surface area contributed by atoms with Crippen molar-refractivity contribution in [3.05, 3.63) is 59.7 Å². The maximum Gasteiger partial charge on any atom is 0.418 e. The van der Waals surface area contributed by atoms with E-state index in [-0.39, 0.29) is 18.0 Å². The van der Waals surface area contributed by atoms with Crippen molar-refractivity contribution in [3.8, 4) is 0 Å². The Labute approximate surface area is 165 Å². The van der Waals surface area contributed by atoms with Gasteiger partial charge in [0.1, 0.15) is 0 Å². The van der Waals surface area contributed by atoms with Crippen molar-refractivity contribution in [3.63, 3.8) is 0 Å². The number of nitrogens with zero attached hydrogens (tertiary/aromatic N) is 1. The van der Waals surface area contributed by atoms with Crippen LogP contribution in [0.15, 0.2) is 48.5 Å². The van der Waals surface area contributed by atoms with Crippen molar-refractivity contribution in [1.82, 2.24) is 4.90 Å². The molecule has 9 heteroatoms. The van der Waals surface area contributed by atoms with Crippen molar-refractivity contribution >= 4 is 23.3 Å². The molecule has 0 aromatic heterocycles. The van der Waals surface area contributed by atoms with Gasteiger partial charge in [-0.3, -0.25) is 4.79 Å². The van der Waals surface area contributed by atoms with Crippen LogP contribution in [0.4, 0.5) is 29.3 Å². The molecule has 0 unspecified atom stereocenters. The molecule has 2 N–H and O–H groups in total. The first-order chi connectivity index (χ1) is 13.8. The number of alkyl halides is 3. The summed E-state index contributed by atoms with van der Waals surface area (Å²) < 4.78 is 44.2. The highest BCUT2D eigenvalue weighted by atomic mass is 19.4. The third-order valence-corrected chi connectivity index (χ3v) is 4.41. The topological polar surface area (TPSA) is 70.7 Å². The van der Waals surface area contributed by atoms with Crippen molar-refractivity contribution in [2.24, 2.45) is 0 Å². The van der Waals surface area contributed by atoms with E-state index in [0.717, 1.165) is 11.6 Å². The van der Waals surface area contributed by atoms with Gasteiger partial charge in [0.25, 0.3) is 0 Å². The summed E-state index contributed by atoms with van der Waals surface area (Å²) in [5, 5.41) is 4.70. The summed E-state index contributed by atoms with van der Waals surface area (Å²) in [6.45, 7) is 2.19. The summed E-state index contributed by atoms with van der Waals surface area (Å²) in [4.78, 5) is 26.1. The zero-order valence-electron chi connectivity index (χ0n) is 15.5. The summed E-state index contributed by atoms with van der Waals surface area (Å²) in [5.41, 5.74) is -0.0817. The number of anilines is 2. The SMILES string of the molecule is O=C(Nc1ccc(CC(=O)N2CCOCC2)cc1)Nc1ccccc1C(F)(F)F. The second kappa shape index (κ2) is 8.95. The van der Waals surface area contributed by atoms with Gasteiger partial charge in [-0.1, -0.05) is 24.3 Å². The molecule has 0 saturated carbocycles.